The number of hydrogen-bond acceptors (Lipinski definition) is 3. The Morgan fingerprint density at radius 3 is 2.74 bits per heavy atom. The third-order valence-electron chi connectivity index (χ3n) is 3.86. The highest BCUT2D eigenvalue weighted by Gasteiger charge is 2.27. The van der Waals surface area contributed by atoms with E-state index in [1.807, 2.05) is 18.2 Å². The molecule has 2 atom stereocenters. The van der Waals surface area contributed by atoms with Crippen molar-refractivity contribution in [1.82, 2.24) is 4.90 Å². The molecule has 3 heteroatoms. The SMILES string of the molecule is CC(C)N1CCOC(C(O)CCc2ccccc2)C1. The van der Waals surface area contributed by atoms with Crippen LogP contribution in [0.5, 0.6) is 0 Å². The van der Waals surface area contributed by atoms with Crippen molar-refractivity contribution in [2.45, 2.75) is 44.9 Å². The van der Waals surface area contributed by atoms with E-state index in [0.717, 1.165) is 32.5 Å². The first-order valence-electron chi connectivity index (χ1n) is 7.24. The lowest BCUT2D eigenvalue weighted by atomic mass is 10.0. The second-order valence-corrected chi connectivity index (χ2v) is 5.59. The molecule has 1 heterocycles. The Labute approximate surface area is 116 Å². The number of aliphatic hydroxyl groups is 1. The second-order valence-electron chi connectivity index (χ2n) is 5.59. The van der Waals surface area contributed by atoms with Gasteiger partial charge < -0.3 is 9.84 Å². The van der Waals surface area contributed by atoms with E-state index in [2.05, 4.69) is 30.9 Å². The van der Waals surface area contributed by atoms with Crippen LogP contribution in [0.1, 0.15) is 25.8 Å². The summed E-state index contributed by atoms with van der Waals surface area (Å²) in [6, 6.07) is 10.8. The topological polar surface area (TPSA) is 32.7 Å². The first-order chi connectivity index (χ1) is 9.16. The van der Waals surface area contributed by atoms with Gasteiger partial charge in [-0.15, -0.1) is 0 Å². The van der Waals surface area contributed by atoms with E-state index < -0.39 is 0 Å². The van der Waals surface area contributed by atoms with Crippen LogP contribution in [-0.4, -0.2) is 48.0 Å². The van der Waals surface area contributed by atoms with Crippen LogP contribution in [0.25, 0.3) is 0 Å². The van der Waals surface area contributed by atoms with Gasteiger partial charge in [-0.3, -0.25) is 4.90 Å². The number of ether oxygens (including phenoxy) is 1. The summed E-state index contributed by atoms with van der Waals surface area (Å²) < 4.78 is 5.72. The molecule has 1 aliphatic heterocycles. The molecule has 1 saturated heterocycles. The van der Waals surface area contributed by atoms with Gasteiger partial charge in [0.25, 0.3) is 0 Å². The van der Waals surface area contributed by atoms with Crippen molar-refractivity contribution >= 4 is 0 Å². The van der Waals surface area contributed by atoms with Crippen LogP contribution in [-0.2, 0) is 11.2 Å². The molecule has 1 aromatic rings. The molecule has 0 saturated carbocycles. The third-order valence-corrected chi connectivity index (χ3v) is 3.86. The van der Waals surface area contributed by atoms with Crippen LogP contribution in [0.2, 0.25) is 0 Å². The Hall–Kier alpha value is -0.900. The number of nitrogens with zero attached hydrogens (tertiary/aromatic N) is 1. The molecule has 0 amide bonds. The van der Waals surface area contributed by atoms with E-state index in [1.165, 1.54) is 5.56 Å². The monoisotopic (exact) mass is 263 g/mol. The van der Waals surface area contributed by atoms with E-state index in [1.54, 1.807) is 0 Å². The predicted molar refractivity (Wildman–Crippen MR) is 77.2 cm³/mol. The van der Waals surface area contributed by atoms with Gasteiger partial charge in [0.05, 0.1) is 18.8 Å². The Morgan fingerprint density at radius 1 is 1.32 bits per heavy atom. The zero-order valence-corrected chi connectivity index (χ0v) is 12.0. The molecular formula is C16H25NO2. The quantitative estimate of drug-likeness (QED) is 0.883. The number of aliphatic hydroxyl groups excluding tert-OH is 1. The van der Waals surface area contributed by atoms with E-state index >= 15 is 0 Å². The minimum absolute atomic E-state index is 0.0418. The van der Waals surface area contributed by atoms with Gasteiger partial charge in [0.1, 0.15) is 0 Å². The summed E-state index contributed by atoms with van der Waals surface area (Å²) in [4.78, 5) is 2.37. The van der Waals surface area contributed by atoms with Crippen molar-refractivity contribution in [2.24, 2.45) is 0 Å². The fraction of sp³-hybridized carbons (Fsp3) is 0.625. The molecule has 0 spiro atoms. The Morgan fingerprint density at radius 2 is 2.05 bits per heavy atom. The van der Waals surface area contributed by atoms with Gasteiger partial charge in [-0.2, -0.15) is 0 Å². The summed E-state index contributed by atoms with van der Waals surface area (Å²) in [5, 5.41) is 10.3. The Balaban J connectivity index is 1.81. The maximum absolute atomic E-state index is 10.3. The van der Waals surface area contributed by atoms with Gasteiger partial charge in [0, 0.05) is 19.1 Å². The minimum atomic E-state index is -0.373. The van der Waals surface area contributed by atoms with E-state index in [4.69, 9.17) is 4.74 Å². The molecule has 1 aromatic carbocycles. The van der Waals surface area contributed by atoms with Crippen molar-refractivity contribution in [2.75, 3.05) is 19.7 Å². The van der Waals surface area contributed by atoms with E-state index in [9.17, 15) is 5.11 Å². The highest BCUT2D eigenvalue weighted by Crippen LogP contribution is 2.15. The zero-order valence-electron chi connectivity index (χ0n) is 12.0. The molecule has 2 unspecified atom stereocenters. The van der Waals surface area contributed by atoms with Crippen molar-refractivity contribution in [3.8, 4) is 0 Å². The molecule has 1 aliphatic rings. The van der Waals surface area contributed by atoms with Crippen LogP contribution in [0.15, 0.2) is 30.3 Å². The van der Waals surface area contributed by atoms with E-state index in [0.29, 0.717) is 6.04 Å². The van der Waals surface area contributed by atoms with Gasteiger partial charge in [0.2, 0.25) is 0 Å². The lowest BCUT2D eigenvalue weighted by molar-refractivity contribution is -0.0962. The smallest absolute Gasteiger partial charge is 0.0961 e. The van der Waals surface area contributed by atoms with Crippen LogP contribution < -0.4 is 0 Å². The summed E-state index contributed by atoms with van der Waals surface area (Å²) in [6.07, 6.45) is 1.26. The van der Waals surface area contributed by atoms with Crippen LogP contribution in [0.4, 0.5) is 0 Å². The molecule has 1 N–H and O–H groups in total. The zero-order chi connectivity index (χ0) is 13.7. The number of hydrogen-bond donors (Lipinski definition) is 1. The molecular weight excluding hydrogens is 238 g/mol. The van der Waals surface area contributed by atoms with Gasteiger partial charge in [-0.25, -0.2) is 0 Å². The Bertz CT molecular complexity index is 366. The summed E-state index contributed by atoms with van der Waals surface area (Å²) in [7, 11) is 0. The highest BCUT2D eigenvalue weighted by atomic mass is 16.5. The standard InChI is InChI=1S/C16H25NO2/c1-13(2)17-10-11-19-16(12-17)15(18)9-8-14-6-4-3-5-7-14/h3-7,13,15-16,18H,8-12H2,1-2H3. The molecule has 19 heavy (non-hydrogen) atoms. The van der Waals surface area contributed by atoms with Crippen molar-refractivity contribution < 1.29 is 9.84 Å². The van der Waals surface area contributed by atoms with Crippen LogP contribution in [0.3, 0.4) is 0 Å². The second kappa shape index (κ2) is 7.04. The van der Waals surface area contributed by atoms with Gasteiger partial charge in [0.15, 0.2) is 0 Å². The van der Waals surface area contributed by atoms with Crippen LogP contribution >= 0.6 is 0 Å². The number of aryl methyl sites for hydroxylation is 1. The predicted octanol–water partition coefficient (Wildman–Crippen LogP) is 2.09. The first-order valence-corrected chi connectivity index (χ1v) is 7.24. The average molecular weight is 263 g/mol. The van der Waals surface area contributed by atoms with Crippen molar-refractivity contribution in [3.05, 3.63) is 35.9 Å². The fourth-order valence-electron chi connectivity index (χ4n) is 2.54. The summed E-state index contributed by atoms with van der Waals surface area (Å²) >= 11 is 0. The molecule has 0 aliphatic carbocycles. The maximum atomic E-state index is 10.3. The number of rotatable bonds is 5. The molecule has 0 radical (unpaired) electrons. The summed E-state index contributed by atoms with van der Waals surface area (Å²) in [5.74, 6) is 0. The number of morpholine rings is 1. The lowest BCUT2D eigenvalue weighted by Crippen LogP contribution is -2.50. The summed E-state index contributed by atoms with van der Waals surface area (Å²) in [6.45, 7) is 6.93. The molecule has 0 bridgehead atoms. The first kappa shape index (κ1) is 14.5. The molecule has 1 fully saturated rings. The maximum Gasteiger partial charge on any atom is 0.0961 e. The summed E-state index contributed by atoms with van der Waals surface area (Å²) in [5.41, 5.74) is 1.28. The van der Waals surface area contributed by atoms with Crippen LogP contribution in [0, 0.1) is 0 Å². The lowest BCUT2D eigenvalue weighted by Gasteiger charge is -2.37. The molecule has 2 rings (SSSR count). The van der Waals surface area contributed by atoms with Crippen molar-refractivity contribution in [3.63, 3.8) is 0 Å². The molecule has 106 valence electrons. The van der Waals surface area contributed by atoms with Gasteiger partial charge in [-0.05, 0) is 32.3 Å². The largest absolute Gasteiger partial charge is 0.390 e. The van der Waals surface area contributed by atoms with E-state index in [-0.39, 0.29) is 12.2 Å². The molecule has 3 nitrogen and oxygen atoms in total. The molecule has 0 aromatic heterocycles. The van der Waals surface area contributed by atoms with Gasteiger partial charge >= 0.3 is 0 Å². The van der Waals surface area contributed by atoms with Gasteiger partial charge in [-0.1, -0.05) is 30.3 Å². The number of benzene rings is 1. The Kier molecular flexibility index (Phi) is 5.37. The van der Waals surface area contributed by atoms with Crippen molar-refractivity contribution in [1.29, 1.82) is 0 Å². The normalized spacial score (nSPS) is 22.6. The average Bonchev–Trinajstić information content (AvgIpc) is 2.46. The fourth-order valence-corrected chi connectivity index (χ4v) is 2.54. The third kappa shape index (κ3) is 4.30. The minimum Gasteiger partial charge on any atom is -0.390 e. The highest BCUT2D eigenvalue weighted by molar-refractivity contribution is 5.14.